The predicted octanol–water partition coefficient (Wildman–Crippen LogP) is 5.84. The molecule has 0 bridgehead atoms. The molecular weight excluding hydrogens is 456 g/mol. The van der Waals surface area contributed by atoms with Gasteiger partial charge in [0.1, 0.15) is 11.5 Å². The first-order chi connectivity index (χ1) is 17.2. The topological polar surface area (TPSA) is 93.1 Å². The minimum atomic E-state index is -0.869. The Morgan fingerprint density at radius 3 is 1.39 bits per heavy atom. The first-order valence-corrected chi connectivity index (χ1v) is 12.1. The third-order valence-electron chi connectivity index (χ3n) is 6.06. The van der Waals surface area contributed by atoms with Crippen LogP contribution in [-0.2, 0) is 9.47 Å². The lowest BCUT2D eigenvalue weighted by Gasteiger charge is -2.25. The molecule has 2 rings (SSSR count). The van der Waals surface area contributed by atoms with Crippen LogP contribution in [-0.4, -0.2) is 34.4 Å². The van der Waals surface area contributed by atoms with Gasteiger partial charge in [-0.05, 0) is 63.1 Å². The summed E-state index contributed by atoms with van der Waals surface area (Å²) in [5.74, 6) is -1.19. The van der Waals surface area contributed by atoms with E-state index in [9.17, 15) is 19.8 Å². The molecule has 2 aromatic carbocycles. The first kappa shape index (κ1) is 28.8. The Labute approximate surface area is 213 Å². The molecule has 192 valence electrons. The maximum atomic E-state index is 12.4. The lowest BCUT2D eigenvalue weighted by atomic mass is 9.90. The molecule has 36 heavy (non-hydrogen) atoms. The van der Waals surface area contributed by atoms with Crippen molar-refractivity contribution in [2.24, 2.45) is 11.8 Å². The lowest BCUT2D eigenvalue weighted by Crippen LogP contribution is -2.26. The highest BCUT2D eigenvalue weighted by Gasteiger charge is 2.26. The normalized spacial score (nSPS) is 15.4. The average Bonchev–Trinajstić information content (AvgIpc) is 2.90. The van der Waals surface area contributed by atoms with E-state index in [4.69, 9.17) is 9.47 Å². The van der Waals surface area contributed by atoms with Gasteiger partial charge in [-0.1, -0.05) is 62.4 Å². The number of carbonyl (C=O) groups is 2. The number of hydrogen-bond donors (Lipinski definition) is 2. The molecular formula is C30H36O6. The second kappa shape index (κ2) is 14.2. The molecule has 0 saturated heterocycles. The Morgan fingerprint density at radius 2 is 1.08 bits per heavy atom. The van der Waals surface area contributed by atoms with Gasteiger partial charge in [0.05, 0.1) is 23.3 Å². The van der Waals surface area contributed by atoms with Crippen molar-refractivity contribution in [2.45, 2.75) is 52.7 Å². The van der Waals surface area contributed by atoms with E-state index in [1.54, 1.807) is 88.4 Å². The molecule has 0 unspecified atom stereocenters. The van der Waals surface area contributed by atoms with E-state index >= 15 is 0 Å². The molecule has 0 aliphatic carbocycles. The second-order valence-electron chi connectivity index (χ2n) is 8.76. The third kappa shape index (κ3) is 8.33. The van der Waals surface area contributed by atoms with Crippen LogP contribution in [0.25, 0.3) is 0 Å². The standard InChI is InChI=1S/C30H36O6/c1-6-27(35-29(33)23-14-10-8-11-15-23)21(4)25(31)18-20(3)19-26(32)22(5)28(7-2)36-30(34)24-16-12-9-13-17-24/h6-17,21-22,25-26,31-32H,3,18-19H2,1-2,4-5H3/b27-6-,28-7-/t21-,22-,25-,26-/m0/s1. The predicted molar refractivity (Wildman–Crippen MR) is 140 cm³/mol. The molecule has 0 radical (unpaired) electrons. The molecule has 0 heterocycles. The third-order valence-corrected chi connectivity index (χ3v) is 6.06. The number of esters is 2. The van der Waals surface area contributed by atoms with Crippen LogP contribution in [0.1, 0.15) is 61.3 Å². The van der Waals surface area contributed by atoms with E-state index in [2.05, 4.69) is 6.58 Å². The highest BCUT2D eigenvalue weighted by Crippen LogP contribution is 2.27. The molecule has 6 nitrogen and oxygen atoms in total. The SMILES string of the molecule is C=C(C[C@H](O)[C@H](C)/C(=C/C)OC(=O)c1ccccc1)C[C@H](O)[C@H](C)/C(=C/C)OC(=O)c1ccccc1. The summed E-state index contributed by atoms with van der Waals surface area (Å²) in [4.78, 5) is 24.8. The zero-order valence-corrected chi connectivity index (χ0v) is 21.4. The summed E-state index contributed by atoms with van der Waals surface area (Å²) in [5.41, 5.74) is 1.48. The van der Waals surface area contributed by atoms with Gasteiger partial charge < -0.3 is 19.7 Å². The zero-order valence-electron chi connectivity index (χ0n) is 21.4. The molecule has 0 aliphatic rings. The molecule has 0 saturated carbocycles. The fourth-order valence-electron chi connectivity index (χ4n) is 3.72. The van der Waals surface area contributed by atoms with Crippen molar-refractivity contribution in [3.63, 3.8) is 0 Å². The van der Waals surface area contributed by atoms with Crippen LogP contribution < -0.4 is 0 Å². The first-order valence-electron chi connectivity index (χ1n) is 12.1. The average molecular weight is 493 g/mol. The number of rotatable bonds is 12. The van der Waals surface area contributed by atoms with Gasteiger partial charge >= 0.3 is 11.9 Å². The summed E-state index contributed by atoms with van der Waals surface area (Å²) >= 11 is 0. The Hall–Kier alpha value is -3.48. The van der Waals surface area contributed by atoms with Crippen molar-refractivity contribution in [3.05, 3.63) is 108 Å². The molecule has 6 heteroatoms. The molecule has 2 aromatic rings. The minimum absolute atomic E-state index is 0.208. The van der Waals surface area contributed by atoms with Crippen LogP contribution in [0.15, 0.2) is 96.5 Å². The maximum Gasteiger partial charge on any atom is 0.343 e. The second-order valence-corrected chi connectivity index (χ2v) is 8.76. The van der Waals surface area contributed by atoms with Gasteiger partial charge in [0, 0.05) is 11.8 Å². The fraction of sp³-hybridized carbons (Fsp3) is 0.333. The highest BCUT2D eigenvalue weighted by atomic mass is 16.5. The van der Waals surface area contributed by atoms with Crippen molar-refractivity contribution in [3.8, 4) is 0 Å². The van der Waals surface area contributed by atoms with Crippen molar-refractivity contribution < 1.29 is 29.3 Å². The van der Waals surface area contributed by atoms with Crippen LogP contribution in [0.2, 0.25) is 0 Å². The van der Waals surface area contributed by atoms with E-state index in [-0.39, 0.29) is 12.8 Å². The number of ether oxygens (including phenoxy) is 2. The minimum Gasteiger partial charge on any atom is -0.427 e. The Balaban J connectivity index is 1.91. The Morgan fingerprint density at radius 1 is 0.750 bits per heavy atom. The van der Waals surface area contributed by atoms with Crippen LogP contribution in [0, 0.1) is 11.8 Å². The van der Waals surface area contributed by atoms with Crippen LogP contribution in [0.3, 0.4) is 0 Å². The van der Waals surface area contributed by atoms with Gasteiger partial charge in [0.15, 0.2) is 0 Å². The number of allylic oxidation sites excluding steroid dienone is 2. The molecule has 0 aliphatic heterocycles. The quantitative estimate of drug-likeness (QED) is 0.220. The van der Waals surface area contributed by atoms with Gasteiger partial charge in [-0.15, -0.1) is 0 Å². The summed E-state index contributed by atoms with van der Waals surface area (Å²) in [6, 6.07) is 17.3. The van der Waals surface area contributed by atoms with Crippen molar-refractivity contribution in [1.82, 2.24) is 0 Å². The molecule has 2 N–H and O–H groups in total. The van der Waals surface area contributed by atoms with Gasteiger partial charge in [-0.25, -0.2) is 9.59 Å². The zero-order chi connectivity index (χ0) is 26.7. The van der Waals surface area contributed by atoms with Crippen LogP contribution in [0.5, 0.6) is 0 Å². The van der Waals surface area contributed by atoms with E-state index in [1.165, 1.54) is 0 Å². The Kier molecular flexibility index (Phi) is 11.3. The van der Waals surface area contributed by atoms with E-state index in [1.807, 2.05) is 12.1 Å². The molecule has 0 amide bonds. The maximum absolute atomic E-state index is 12.4. The number of benzene rings is 2. The molecule has 0 spiro atoms. The van der Waals surface area contributed by atoms with E-state index < -0.39 is 36.0 Å². The van der Waals surface area contributed by atoms with Crippen molar-refractivity contribution in [1.29, 1.82) is 0 Å². The van der Waals surface area contributed by atoms with Crippen molar-refractivity contribution in [2.75, 3.05) is 0 Å². The number of aliphatic hydroxyl groups excluding tert-OH is 2. The number of hydrogen-bond acceptors (Lipinski definition) is 6. The van der Waals surface area contributed by atoms with Gasteiger partial charge in [-0.3, -0.25) is 0 Å². The smallest absolute Gasteiger partial charge is 0.343 e. The molecule has 0 fully saturated rings. The summed E-state index contributed by atoms with van der Waals surface area (Å²) in [7, 11) is 0. The molecule has 4 atom stereocenters. The van der Waals surface area contributed by atoms with E-state index in [0.717, 1.165) is 0 Å². The van der Waals surface area contributed by atoms with Gasteiger partial charge in [0.25, 0.3) is 0 Å². The lowest BCUT2D eigenvalue weighted by molar-refractivity contribution is 0.0481. The fourth-order valence-corrected chi connectivity index (χ4v) is 3.72. The monoisotopic (exact) mass is 492 g/mol. The largest absolute Gasteiger partial charge is 0.427 e. The van der Waals surface area contributed by atoms with Gasteiger partial charge in [-0.2, -0.15) is 0 Å². The summed E-state index contributed by atoms with van der Waals surface area (Å²) in [6.45, 7) is 11.0. The highest BCUT2D eigenvalue weighted by molar-refractivity contribution is 5.90. The van der Waals surface area contributed by atoms with Crippen molar-refractivity contribution >= 4 is 11.9 Å². The summed E-state index contributed by atoms with van der Waals surface area (Å²) in [6.07, 6.45) is 2.00. The van der Waals surface area contributed by atoms with Gasteiger partial charge in [0.2, 0.25) is 0 Å². The Bertz CT molecular complexity index is 986. The summed E-state index contributed by atoms with van der Waals surface area (Å²) < 4.78 is 11.0. The van der Waals surface area contributed by atoms with Crippen LogP contribution >= 0.6 is 0 Å². The summed E-state index contributed by atoms with van der Waals surface area (Å²) in [5, 5.41) is 21.5. The molecule has 0 aromatic heterocycles. The van der Waals surface area contributed by atoms with E-state index in [0.29, 0.717) is 28.2 Å². The number of aliphatic hydroxyl groups is 2. The van der Waals surface area contributed by atoms with Crippen LogP contribution in [0.4, 0.5) is 0 Å². The number of carbonyl (C=O) groups excluding carboxylic acids is 2.